The van der Waals surface area contributed by atoms with Crippen molar-refractivity contribution in [3.63, 3.8) is 0 Å². The molecule has 2 rings (SSSR count). The van der Waals surface area contributed by atoms with Gasteiger partial charge >= 0.3 is 0 Å². The molecule has 0 aliphatic carbocycles. The van der Waals surface area contributed by atoms with Gasteiger partial charge in [-0.2, -0.15) is 0 Å². The van der Waals surface area contributed by atoms with Crippen LogP contribution >= 0.6 is 23.2 Å². The fourth-order valence-electron chi connectivity index (χ4n) is 2.18. The molecule has 0 fully saturated rings. The summed E-state index contributed by atoms with van der Waals surface area (Å²) in [5.74, 6) is 0.915. The van der Waals surface area contributed by atoms with Gasteiger partial charge in [0.15, 0.2) is 6.10 Å². The molecule has 0 bridgehead atoms. The van der Waals surface area contributed by atoms with Crippen LogP contribution in [-0.4, -0.2) is 37.6 Å². The lowest BCUT2D eigenvalue weighted by atomic mass is 10.2. The zero-order valence-corrected chi connectivity index (χ0v) is 15.3. The van der Waals surface area contributed by atoms with E-state index >= 15 is 0 Å². The van der Waals surface area contributed by atoms with Crippen LogP contribution in [0.15, 0.2) is 41.0 Å². The first-order chi connectivity index (χ1) is 11.4. The molecular weight excluding hydrogens is 351 g/mol. The van der Waals surface area contributed by atoms with Crippen LogP contribution in [0.4, 0.5) is 0 Å². The smallest absolute Gasteiger partial charge is 0.260 e. The van der Waals surface area contributed by atoms with E-state index in [9.17, 15) is 4.79 Å². The van der Waals surface area contributed by atoms with E-state index in [1.165, 1.54) is 0 Å². The maximum atomic E-state index is 12.3. The van der Waals surface area contributed by atoms with E-state index in [0.717, 1.165) is 5.76 Å². The van der Waals surface area contributed by atoms with E-state index in [2.05, 4.69) is 5.32 Å². The van der Waals surface area contributed by atoms with Gasteiger partial charge in [-0.25, -0.2) is 0 Å². The molecule has 1 aromatic heterocycles. The number of hydrogen-bond acceptors (Lipinski definition) is 4. The van der Waals surface area contributed by atoms with Crippen LogP contribution in [0.1, 0.15) is 18.7 Å². The van der Waals surface area contributed by atoms with Gasteiger partial charge in [-0.1, -0.05) is 29.3 Å². The van der Waals surface area contributed by atoms with Crippen LogP contribution in [-0.2, 0) is 4.79 Å². The number of likely N-dealkylation sites (N-methyl/N-ethyl adjacent to an activating group) is 1. The highest BCUT2D eigenvalue weighted by Crippen LogP contribution is 2.32. The van der Waals surface area contributed by atoms with Crippen LogP contribution in [0, 0.1) is 0 Å². The lowest BCUT2D eigenvalue weighted by molar-refractivity contribution is -0.127. The summed E-state index contributed by atoms with van der Waals surface area (Å²) in [6.45, 7) is 2.06. The molecule has 2 atom stereocenters. The molecule has 0 saturated heterocycles. The summed E-state index contributed by atoms with van der Waals surface area (Å²) in [5, 5.41) is 3.54. The molecule has 1 heterocycles. The van der Waals surface area contributed by atoms with Crippen molar-refractivity contribution in [3.05, 3.63) is 52.4 Å². The first-order valence-electron chi connectivity index (χ1n) is 7.48. The van der Waals surface area contributed by atoms with Crippen LogP contribution < -0.4 is 10.1 Å². The van der Waals surface area contributed by atoms with Crippen molar-refractivity contribution in [1.82, 2.24) is 10.2 Å². The van der Waals surface area contributed by atoms with E-state index in [1.54, 1.807) is 31.4 Å². The number of ether oxygens (including phenoxy) is 1. The fraction of sp³-hybridized carbons (Fsp3) is 0.353. The number of carbonyl (C=O) groups excluding carboxylic acids is 1. The molecule has 0 aliphatic heterocycles. The summed E-state index contributed by atoms with van der Waals surface area (Å²) >= 11 is 12.0. The van der Waals surface area contributed by atoms with Gasteiger partial charge in [0.1, 0.15) is 16.5 Å². The van der Waals surface area contributed by atoms with Crippen molar-refractivity contribution in [1.29, 1.82) is 0 Å². The molecule has 1 aromatic carbocycles. The summed E-state index contributed by atoms with van der Waals surface area (Å²) < 4.78 is 11.0. The Balaban J connectivity index is 1.95. The minimum atomic E-state index is -0.708. The Bertz CT molecular complexity index is 674. The number of nitrogens with one attached hydrogen (secondary N) is 1. The third-order valence-electron chi connectivity index (χ3n) is 3.55. The van der Waals surface area contributed by atoms with E-state index in [-0.39, 0.29) is 11.9 Å². The molecule has 2 aromatic rings. The average Bonchev–Trinajstić information content (AvgIpc) is 3.05. The van der Waals surface area contributed by atoms with Gasteiger partial charge in [-0.3, -0.25) is 9.69 Å². The molecule has 1 amide bonds. The number of amides is 1. The second-order valence-corrected chi connectivity index (χ2v) is 6.34. The largest absolute Gasteiger partial charge is 0.479 e. The van der Waals surface area contributed by atoms with Crippen molar-refractivity contribution in [2.24, 2.45) is 0 Å². The summed E-state index contributed by atoms with van der Waals surface area (Å²) in [4.78, 5) is 14.2. The maximum absolute atomic E-state index is 12.3. The molecule has 1 N–H and O–H groups in total. The number of halogens is 2. The second-order valence-electron chi connectivity index (χ2n) is 5.55. The van der Waals surface area contributed by atoms with Gasteiger partial charge in [0, 0.05) is 6.54 Å². The van der Waals surface area contributed by atoms with Crippen LogP contribution in [0.5, 0.6) is 5.75 Å². The van der Waals surface area contributed by atoms with E-state index in [4.69, 9.17) is 32.4 Å². The SMILES string of the molecule is CC(Oc1cccc(Cl)c1Cl)C(=O)NCC(c1ccco1)N(C)C. The summed E-state index contributed by atoms with van der Waals surface area (Å²) in [5.41, 5.74) is 0. The summed E-state index contributed by atoms with van der Waals surface area (Å²) in [6.07, 6.45) is 0.904. The fourth-order valence-corrected chi connectivity index (χ4v) is 2.51. The number of carbonyl (C=O) groups is 1. The Morgan fingerprint density at radius 3 is 2.67 bits per heavy atom. The van der Waals surface area contributed by atoms with Gasteiger partial charge in [-0.05, 0) is 45.3 Å². The molecule has 7 heteroatoms. The number of benzene rings is 1. The van der Waals surface area contributed by atoms with E-state index in [1.807, 2.05) is 31.1 Å². The number of nitrogens with zero attached hydrogens (tertiary/aromatic N) is 1. The lowest BCUT2D eigenvalue weighted by Gasteiger charge is -2.23. The van der Waals surface area contributed by atoms with Gasteiger partial charge in [0.2, 0.25) is 0 Å². The Labute approximate surface area is 151 Å². The number of rotatable bonds is 7. The van der Waals surface area contributed by atoms with Crippen molar-refractivity contribution in [3.8, 4) is 5.75 Å². The second kappa shape index (κ2) is 8.42. The number of furan rings is 1. The first-order valence-corrected chi connectivity index (χ1v) is 8.24. The predicted molar refractivity (Wildman–Crippen MR) is 94.7 cm³/mol. The standard InChI is InChI=1S/C17H20Cl2N2O3/c1-11(24-15-7-4-6-12(18)16(15)19)17(22)20-10-13(21(2)3)14-8-5-9-23-14/h4-9,11,13H,10H2,1-3H3,(H,20,22). The van der Waals surface area contributed by atoms with E-state index < -0.39 is 6.10 Å². The predicted octanol–water partition coefficient (Wildman–Crippen LogP) is 3.77. The Morgan fingerprint density at radius 2 is 2.04 bits per heavy atom. The molecule has 2 unspecified atom stereocenters. The molecule has 130 valence electrons. The summed E-state index contributed by atoms with van der Waals surface area (Å²) in [7, 11) is 3.84. The molecule has 0 aliphatic rings. The van der Waals surface area contributed by atoms with Crippen molar-refractivity contribution >= 4 is 29.1 Å². The highest BCUT2D eigenvalue weighted by molar-refractivity contribution is 6.42. The minimum absolute atomic E-state index is 0.0640. The molecule has 24 heavy (non-hydrogen) atoms. The normalized spacial score (nSPS) is 13.6. The van der Waals surface area contributed by atoms with Gasteiger partial charge in [0.25, 0.3) is 5.91 Å². The van der Waals surface area contributed by atoms with Gasteiger partial charge in [0.05, 0.1) is 17.3 Å². The quantitative estimate of drug-likeness (QED) is 0.805. The zero-order chi connectivity index (χ0) is 17.7. The monoisotopic (exact) mass is 370 g/mol. The highest BCUT2D eigenvalue weighted by Gasteiger charge is 2.21. The Kier molecular flexibility index (Phi) is 6.54. The van der Waals surface area contributed by atoms with Crippen molar-refractivity contribution in [2.45, 2.75) is 19.1 Å². The highest BCUT2D eigenvalue weighted by atomic mass is 35.5. The van der Waals surface area contributed by atoms with Gasteiger partial charge in [-0.15, -0.1) is 0 Å². The zero-order valence-electron chi connectivity index (χ0n) is 13.8. The van der Waals surface area contributed by atoms with Crippen molar-refractivity contribution < 1.29 is 13.9 Å². The molecular formula is C17H20Cl2N2O3. The average molecular weight is 371 g/mol. The molecule has 0 spiro atoms. The minimum Gasteiger partial charge on any atom is -0.479 e. The summed E-state index contributed by atoms with van der Waals surface area (Å²) in [6, 6.07) is 8.68. The van der Waals surface area contributed by atoms with Crippen LogP contribution in [0.2, 0.25) is 10.0 Å². The topological polar surface area (TPSA) is 54.7 Å². The van der Waals surface area contributed by atoms with Crippen LogP contribution in [0.25, 0.3) is 0 Å². The number of hydrogen-bond donors (Lipinski definition) is 1. The lowest BCUT2D eigenvalue weighted by Crippen LogP contribution is -2.40. The Morgan fingerprint density at radius 1 is 1.29 bits per heavy atom. The molecule has 0 saturated carbocycles. The third kappa shape index (κ3) is 4.66. The molecule has 5 nitrogen and oxygen atoms in total. The van der Waals surface area contributed by atoms with E-state index in [0.29, 0.717) is 22.3 Å². The Hall–Kier alpha value is -1.69. The molecule has 0 radical (unpaired) electrons. The third-order valence-corrected chi connectivity index (χ3v) is 4.36. The maximum Gasteiger partial charge on any atom is 0.260 e. The van der Waals surface area contributed by atoms with Gasteiger partial charge < -0.3 is 14.5 Å². The van der Waals surface area contributed by atoms with Crippen molar-refractivity contribution in [2.75, 3.05) is 20.6 Å². The van der Waals surface area contributed by atoms with Crippen LogP contribution in [0.3, 0.4) is 0 Å². The first kappa shape index (κ1) is 18.6.